The van der Waals surface area contributed by atoms with Crippen molar-refractivity contribution in [2.45, 2.75) is 31.2 Å². The second-order valence-corrected chi connectivity index (χ2v) is 6.73. The molecule has 112 valence electrons. The largest absolute Gasteiger partial charge is 0.395 e. The van der Waals surface area contributed by atoms with Crippen molar-refractivity contribution < 1.29 is 18.3 Å². The first kappa shape index (κ1) is 16.6. The zero-order valence-electron chi connectivity index (χ0n) is 11.5. The van der Waals surface area contributed by atoms with Crippen LogP contribution in [-0.4, -0.2) is 32.1 Å². The van der Waals surface area contributed by atoms with Crippen molar-refractivity contribution in [2.24, 2.45) is 11.7 Å². The number of rotatable bonds is 7. The lowest BCUT2D eigenvalue weighted by atomic mass is 10.1. The predicted octanol–water partition coefficient (Wildman–Crippen LogP) is 0.471. The first-order valence-corrected chi connectivity index (χ1v) is 7.77. The van der Waals surface area contributed by atoms with Crippen molar-refractivity contribution in [3.05, 3.63) is 29.8 Å². The van der Waals surface area contributed by atoms with Crippen LogP contribution in [0.4, 0.5) is 0 Å². The molecule has 6 nitrogen and oxygen atoms in total. The van der Waals surface area contributed by atoms with Gasteiger partial charge in [-0.2, -0.15) is 0 Å². The quantitative estimate of drug-likeness (QED) is 0.680. The molecular weight excluding hydrogens is 280 g/mol. The molecule has 0 radical (unpaired) electrons. The predicted molar refractivity (Wildman–Crippen MR) is 75.6 cm³/mol. The van der Waals surface area contributed by atoms with E-state index in [0.717, 1.165) is 0 Å². The van der Waals surface area contributed by atoms with Gasteiger partial charge < -0.3 is 10.8 Å². The number of aliphatic hydroxyl groups excluding tert-OH is 1. The Kier molecular flexibility index (Phi) is 5.67. The topological polar surface area (TPSA) is 109 Å². The van der Waals surface area contributed by atoms with Crippen LogP contribution in [0.5, 0.6) is 0 Å². The van der Waals surface area contributed by atoms with Crippen molar-refractivity contribution in [1.82, 2.24) is 4.72 Å². The van der Waals surface area contributed by atoms with Crippen molar-refractivity contribution >= 4 is 15.9 Å². The smallest absolute Gasteiger partial charge is 0.248 e. The molecule has 0 heterocycles. The summed E-state index contributed by atoms with van der Waals surface area (Å²) in [7, 11) is -3.72. The molecule has 0 aliphatic heterocycles. The van der Waals surface area contributed by atoms with E-state index in [2.05, 4.69) is 4.72 Å². The maximum absolute atomic E-state index is 12.1. The van der Waals surface area contributed by atoms with E-state index in [9.17, 15) is 18.3 Å². The molecule has 1 atom stereocenters. The van der Waals surface area contributed by atoms with Crippen LogP contribution in [0, 0.1) is 5.92 Å². The minimum absolute atomic E-state index is 0.0321. The summed E-state index contributed by atoms with van der Waals surface area (Å²) in [5.74, 6) is -0.359. The number of aliphatic hydroxyl groups is 1. The number of sulfonamides is 1. The number of hydrogen-bond donors (Lipinski definition) is 3. The summed E-state index contributed by atoms with van der Waals surface area (Å²) in [6, 6.07) is 4.80. The van der Waals surface area contributed by atoms with E-state index in [1.54, 1.807) is 0 Å². The average Bonchev–Trinajstić information content (AvgIpc) is 2.37. The highest BCUT2D eigenvalue weighted by atomic mass is 32.2. The maximum Gasteiger partial charge on any atom is 0.248 e. The monoisotopic (exact) mass is 300 g/mol. The Morgan fingerprint density at radius 1 is 1.30 bits per heavy atom. The second kappa shape index (κ2) is 6.83. The Balaban J connectivity index is 2.90. The van der Waals surface area contributed by atoms with Gasteiger partial charge in [0.1, 0.15) is 0 Å². The van der Waals surface area contributed by atoms with Gasteiger partial charge in [0.25, 0.3) is 0 Å². The second-order valence-electron chi connectivity index (χ2n) is 5.02. The van der Waals surface area contributed by atoms with Gasteiger partial charge >= 0.3 is 0 Å². The average molecular weight is 300 g/mol. The molecule has 0 spiro atoms. The number of carbonyl (C=O) groups excluding carboxylic acids is 1. The fraction of sp³-hybridized carbons (Fsp3) is 0.462. The molecule has 4 N–H and O–H groups in total. The van der Waals surface area contributed by atoms with E-state index in [1.165, 1.54) is 24.3 Å². The number of benzene rings is 1. The van der Waals surface area contributed by atoms with Gasteiger partial charge in [0.05, 0.1) is 11.5 Å². The third-order valence-electron chi connectivity index (χ3n) is 2.75. The summed E-state index contributed by atoms with van der Waals surface area (Å²) < 4.78 is 26.7. The number of primary amides is 1. The Bertz CT molecular complexity index is 552. The Hall–Kier alpha value is -1.44. The van der Waals surface area contributed by atoms with E-state index in [0.29, 0.717) is 6.42 Å². The van der Waals surface area contributed by atoms with E-state index < -0.39 is 22.0 Å². The molecule has 0 fully saturated rings. The molecule has 1 aromatic carbocycles. The summed E-state index contributed by atoms with van der Waals surface area (Å²) in [6.45, 7) is 3.62. The van der Waals surface area contributed by atoms with Crippen molar-refractivity contribution in [3.8, 4) is 0 Å². The van der Waals surface area contributed by atoms with Crippen molar-refractivity contribution in [1.29, 1.82) is 0 Å². The minimum Gasteiger partial charge on any atom is -0.395 e. The lowest BCUT2D eigenvalue weighted by Crippen LogP contribution is -2.38. The Morgan fingerprint density at radius 2 is 1.85 bits per heavy atom. The molecule has 0 saturated heterocycles. The van der Waals surface area contributed by atoms with Gasteiger partial charge in [-0.3, -0.25) is 4.79 Å². The molecule has 7 heteroatoms. The molecule has 0 aliphatic rings. The zero-order valence-corrected chi connectivity index (χ0v) is 12.4. The SMILES string of the molecule is CC(C)CC(CO)NS(=O)(=O)c1ccc(C(N)=O)cc1. The third kappa shape index (κ3) is 4.59. The lowest BCUT2D eigenvalue weighted by molar-refractivity contribution is 0.1000. The van der Waals surface area contributed by atoms with Crippen molar-refractivity contribution in [2.75, 3.05) is 6.61 Å². The summed E-state index contributed by atoms with van der Waals surface area (Å²) in [4.78, 5) is 11.0. The lowest BCUT2D eigenvalue weighted by Gasteiger charge is -2.18. The highest BCUT2D eigenvalue weighted by Crippen LogP contribution is 2.13. The standard InChI is InChI=1S/C13H20N2O4S/c1-9(2)7-11(8-16)15-20(18,19)12-5-3-10(4-6-12)13(14)17/h3-6,9,11,15-16H,7-8H2,1-2H3,(H2,14,17). The fourth-order valence-corrected chi connectivity index (χ4v) is 3.05. The van der Waals surface area contributed by atoms with Gasteiger partial charge in [0.15, 0.2) is 0 Å². The van der Waals surface area contributed by atoms with Crippen molar-refractivity contribution in [3.63, 3.8) is 0 Å². The fourth-order valence-electron chi connectivity index (χ4n) is 1.81. The van der Waals surface area contributed by atoms with Crippen LogP contribution in [0.3, 0.4) is 0 Å². The van der Waals surface area contributed by atoms with Crippen LogP contribution in [-0.2, 0) is 10.0 Å². The molecule has 1 unspecified atom stereocenters. The number of amides is 1. The zero-order chi connectivity index (χ0) is 15.3. The molecule has 0 bridgehead atoms. The van der Waals surface area contributed by atoms with E-state index in [-0.39, 0.29) is 23.0 Å². The van der Waals surface area contributed by atoms with Crippen LogP contribution in [0.15, 0.2) is 29.2 Å². The van der Waals surface area contributed by atoms with Crippen LogP contribution >= 0.6 is 0 Å². The summed E-state index contributed by atoms with van der Waals surface area (Å²) in [5, 5.41) is 9.21. The van der Waals surface area contributed by atoms with Gasteiger partial charge in [-0.15, -0.1) is 0 Å². The van der Waals surface area contributed by atoms with E-state index >= 15 is 0 Å². The molecule has 0 aliphatic carbocycles. The van der Waals surface area contributed by atoms with E-state index in [4.69, 9.17) is 5.73 Å². The first-order chi connectivity index (χ1) is 9.26. The molecule has 20 heavy (non-hydrogen) atoms. The third-order valence-corrected chi connectivity index (χ3v) is 4.28. The molecule has 1 amide bonds. The number of hydrogen-bond acceptors (Lipinski definition) is 4. The normalized spacial score (nSPS) is 13.4. The van der Waals surface area contributed by atoms with E-state index in [1.807, 2.05) is 13.8 Å². The molecule has 1 rings (SSSR count). The highest BCUT2D eigenvalue weighted by Gasteiger charge is 2.20. The summed E-state index contributed by atoms with van der Waals surface area (Å²) in [6.07, 6.45) is 0.537. The molecule has 1 aromatic rings. The number of nitrogens with one attached hydrogen (secondary N) is 1. The number of carbonyl (C=O) groups is 1. The first-order valence-electron chi connectivity index (χ1n) is 6.29. The van der Waals surface area contributed by atoms with Gasteiger partial charge in [0, 0.05) is 11.6 Å². The molecule has 0 saturated carbocycles. The number of nitrogens with two attached hydrogens (primary N) is 1. The summed E-state index contributed by atoms with van der Waals surface area (Å²) in [5.41, 5.74) is 5.33. The van der Waals surface area contributed by atoms with Crippen LogP contribution in [0.2, 0.25) is 0 Å². The highest BCUT2D eigenvalue weighted by molar-refractivity contribution is 7.89. The van der Waals surface area contributed by atoms with Crippen LogP contribution < -0.4 is 10.5 Å². The molecular formula is C13H20N2O4S. The summed E-state index contributed by atoms with van der Waals surface area (Å²) >= 11 is 0. The Morgan fingerprint density at radius 3 is 2.25 bits per heavy atom. The maximum atomic E-state index is 12.1. The Labute approximate surface area is 119 Å². The molecule has 0 aromatic heterocycles. The van der Waals surface area contributed by atoms with Gasteiger partial charge in [-0.05, 0) is 36.6 Å². The van der Waals surface area contributed by atoms with Gasteiger partial charge in [-0.25, -0.2) is 13.1 Å². The van der Waals surface area contributed by atoms with Gasteiger partial charge in [-0.1, -0.05) is 13.8 Å². The van der Waals surface area contributed by atoms with Crippen LogP contribution in [0.1, 0.15) is 30.6 Å². The minimum atomic E-state index is -3.72. The van der Waals surface area contributed by atoms with Gasteiger partial charge in [0.2, 0.25) is 15.9 Å². The van der Waals surface area contributed by atoms with Crippen LogP contribution in [0.25, 0.3) is 0 Å².